The van der Waals surface area contributed by atoms with E-state index in [9.17, 15) is 19.7 Å². The van der Waals surface area contributed by atoms with Gasteiger partial charge in [0, 0.05) is 0 Å². The second-order valence-electron chi connectivity index (χ2n) is 11.7. The largest absolute Gasteiger partial charge is 0.508 e. The monoisotopic (exact) mass is 595 g/mol. The maximum Gasteiger partial charge on any atom is 0.455 e. The third kappa shape index (κ3) is 5.82. The first-order valence-corrected chi connectivity index (χ1v) is 15.5. The first kappa shape index (κ1) is 29.4. The number of hydrogen-bond acceptors (Lipinski definition) is 5. The Morgan fingerprint density at radius 3 is 2.44 bits per heavy atom. The van der Waals surface area contributed by atoms with Crippen molar-refractivity contribution < 1.29 is 24.4 Å². The van der Waals surface area contributed by atoms with E-state index in [1.54, 1.807) is 24.3 Å². The average Bonchev–Trinajstić information content (AvgIpc) is 3.26. The van der Waals surface area contributed by atoms with Crippen molar-refractivity contribution in [1.29, 1.82) is 0 Å². The molecular formula is C35H35BClNO5. The molecule has 3 aromatic carbocycles. The number of halogens is 1. The van der Waals surface area contributed by atoms with Crippen molar-refractivity contribution in [2.24, 2.45) is 17.8 Å². The third-order valence-corrected chi connectivity index (χ3v) is 9.34. The molecule has 2 N–H and O–H groups in total. The summed E-state index contributed by atoms with van der Waals surface area (Å²) in [6.07, 6.45) is 5.44. The third-order valence-electron chi connectivity index (χ3n) is 9.01. The van der Waals surface area contributed by atoms with Crippen molar-refractivity contribution >= 4 is 47.9 Å². The number of para-hydroxylation sites is 1. The molecule has 4 atom stereocenters. The summed E-state index contributed by atoms with van der Waals surface area (Å²) >= 11 is 6.47. The molecule has 0 spiro atoms. The van der Waals surface area contributed by atoms with E-state index < -0.39 is 19.0 Å². The van der Waals surface area contributed by atoms with Gasteiger partial charge in [-0.2, -0.15) is 0 Å². The molecular weight excluding hydrogens is 561 g/mol. The van der Waals surface area contributed by atoms with Crippen LogP contribution in [0, 0.1) is 17.8 Å². The Kier molecular flexibility index (Phi) is 8.58. The molecule has 2 fully saturated rings. The van der Waals surface area contributed by atoms with Gasteiger partial charge in [-0.1, -0.05) is 79.0 Å². The number of amides is 2. The van der Waals surface area contributed by atoms with Gasteiger partial charge in [-0.25, -0.2) is 0 Å². The van der Waals surface area contributed by atoms with Crippen molar-refractivity contribution in [2.45, 2.75) is 51.5 Å². The number of phenols is 1. The Balaban J connectivity index is 1.33. The number of nitrogens with zero attached hydrogens (tertiary/aromatic N) is 1. The molecule has 0 saturated carbocycles. The van der Waals surface area contributed by atoms with E-state index in [0.29, 0.717) is 36.3 Å². The maximum atomic E-state index is 13.9. The van der Waals surface area contributed by atoms with E-state index in [-0.39, 0.29) is 29.6 Å². The van der Waals surface area contributed by atoms with Gasteiger partial charge < -0.3 is 14.8 Å². The number of anilines is 1. The quantitative estimate of drug-likeness (QED) is 0.125. The fourth-order valence-electron chi connectivity index (χ4n) is 7.19. The van der Waals surface area contributed by atoms with Crippen LogP contribution in [0.25, 0.3) is 11.6 Å². The van der Waals surface area contributed by atoms with E-state index in [1.807, 2.05) is 54.6 Å². The van der Waals surface area contributed by atoms with Gasteiger partial charge in [0.1, 0.15) is 5.75 Å². The number of aromatic hydroxyl groups is 1. The van der Waals surface area contributed by atoms with E-state index in [2.05, 4.69) is 6.92 Å². The molecule has 220 valence electrons. The van der Waals surface area contributed by atoms with Gasteiger partial charge in [-0.15, -0.1) is 0 Å². The van der Waals surface area contributed by atoms with E-state index in [4.69, 9.17) is 16.3 Å². The number of carbonyl (C=O) groups excluding carboxylic acids is 2. The number of allylic oxidation sites excluding steroid dienone is 2. The first-order chi connectivity index (χ1) is 20.9. The lowest BCUT2D eigenvalue weighted by molar-refractivity contribution is -0.122. The molecule has 3 aromatic rings. The summed E-state index contributed by atoms with van der Waals surface area (Å²) in [6, 6.07) is 24.1. The summed E-state index contributed by atoms with van der Waals surface area (Å²) in [6.45, 7) is 2.12. The van der Waals surface area contributed by atoms with Crippen molar-refractivity contribution in [3.63, 3.8) is 0 Å². The molecule has 0 unspecified atom stereocenters. The zero-order valence-electron chi connectivity index (χ0n) is 24.2. The summed E-state index contributed by atoms with van der Waals surface area (Å²) in [7, 11) is -1.02. The molecule has 8 heteroatoms. The Bertz CT molecular complexity index is 1570. The van der Waals surface area contributed by atoms with Crippen molar-refractivity contribution in [2.75, 3.05) is 4.90 Å². The highest BCUT2D eigenvalue weighted by Gasteiger charge is 2.57. The lowest BCUT2D eigenvalue weighted by Crippen LogP contribution is -2.46. The Morgan fingerprint density at radius 1 is 1.02 bits per heavy atom. The minimum absolute atomic E-state index is 0.107. The van der Waals surface area contributed by atoms with Crippen LogP contribution in [-0.2, 0) is 14.2 Å². The predicted octanol–water partition coefficient (Wildman–Crippen LogP) is 7.17. The van der Waals surface area contributed by atoms with Crippen LogP contribution in [0.3, 0.4) is 0 Å². The van der Waals surface area contributed by atoms with Gasteiger partial charge in [-0.05, 0) is 96.6 Å². The van der Waals surface area contributed by atoms with Crippen LogP contribution in [0.1, 0.15) is 50.2 Å². The highest BCUT2D eigenvalue weighted by Crippen LogP contribution is 2.52. The molecule has 3 aliphatic rings. The molecule has 2 saturated heterocycles. The maximum absolute atomic E-state index is 13.9. The zero-order chi connectivity index (χ0) is 30.1. The number of imide groups is 1. The number of rotatable bonds is 8. The predicted molar refractivity (Wildman–Crippen MR) is 170 cm³/mol. The highest BCUT2D eigenvalue weighted by molar-refractivity contribution is 6.43. The standard InChI is InChI=1S/C35H35BClNO5/c1-2-9-25-19-28-33(35(41)38(34(28)40)26-12-7-4-8-13-26)29-21-36(42)43-31(32(25)29)17-15-23(22-10-5-3-6-11-22)18-24-14-16-27(39)20-30(24)37/h3-8,10-14,16,18,20,28-29,31,33,39,42H,2,9,15,17,19,21H2,1H3/b23-18-/t28-,29+,31-,33-/m1/s1. The second-order valence-corrected chi connectivity index (χ2v) is 12.1. The second kappa shape index (κ2) is 12.5. The van der Waals surface area contributed by atoms with Crippen LogP contribution in [0.2, 0.25) is 11.3 Å². The molecule has 0 bridgehead atoms. The Labute approximate surface area is 257 Å². The summed E-state index contributed by atoms with van der Waals surface area (Å²) in [5.74, 6) is -1.41. The molecule has 1 aliphatic carbocycles. The molecule has 6 rings (SSSR count). The molecule has 0 radical (unpaired) electrons. The normalized spacial score (nSPS) is 23.9. The van der Waals surface area contributed by atoms with E-state index in [1.165, 1.54) is 16.5 Å². The van der Waals surface area contributed by atoms with Gasteiger partial charge in [0.15, 0.2) is 0 Å². The fraction of sp³-hybridized carbons (Fsp3) is 0.314. The number of fused-ring (bicyclic) bond motifs is 3. The molecule has 6 nitrogen and oxygen atoms in total. The topological polar surface area (TPSA) is 87.1 Å². The first-order valence-electron chi connectivity index (χ1n) is 15.1. The van der Waals surface area contributed by atoms with Gasteiger partial charge in [0.2, 0.25) is 11.8 Å². The Hall–Kier alpha value is -3.65. The average molecular weight is 596 g/mol. The summed E-state index contributed by atoms with van der Waals surface area (Å²) < 4.78 is 6.23. The van der Waals surface area contributed by atoms with E-state index in [0.717, 1.165) is 35.1 Å². The number of carbonyl (C=O) groups is 2. The minimum Gasteiger partial charge on any atom is -0.508 e. The number of benzene rings is 3. The van der Waals surface area contributed by atoms with Crippen molar-refractivity contribution in [3.8, 4) is 5.75 Å². The fourth-order valence-corrected chi connectivity index (χ4v) is 7.42. The lowest BCUT2D eigenvalue weighted by atomic mass is 9.58. The summed E-state index contributed by atoms with van der Waals surface area (Å²) in [4.78, 5) is 29.0. The molecule has 2 heterocycles. The molecule has 2 amide bonds. The summed E-state index contributed by atoms with van der Waals surface area (Å²) in [5, 5.41) is 21.3. The number of hydrogen-bond donors (Lipinski definition) is 2. The SMILES string of the molecule is CCCC1=C2[C@@H](CC/C(=C/c3ccc(O)cc3Cl)c3ccccc3)OB(O)C[C@@H]2[C@@H]2C(=O)N(c3ccccc3)C(=O)[C@@H]2C1. The van der Waals surface area contributed by atoms with Crippen LogP contribution < -0.4 is 4.90 Å². The minimum atomic E-state index is -1.02. The molecule has 2 aliphatic heterocycles. The Morgan fingerprint density at radius 2 is 1.74 bits per heavy atom. The van der Waals surface area contributed by atoms with Crippen LogP contribution in [0.15, 0.2) is 90.0 Å². The van der Waals surface area contributed by atoms with E-state index >= 15 is 0 Å². The van der Waals surface area contributed by atoms with Crippen molar-refractivity contribution in [3.05, 3.63) is 106 Å². The smallest absolute Gasteiger partial charge is 0.455 e. The van der Waals surface area contributed by atoms with Crippen LogP contribution in [-0.4, -0.2) is 35.2 Å². The zero-order valence-corrected chi connectivity index (χ0v) is 24.9. The van der Waals surface area contributed by atoms with Gasteiger partial charge in [0.25, 0.3) is 0 Å². The van der Waals surface area contributed by atoms with Crippen LogP contribution in [0.5, 0.6) is 5.75 Å². The summed E-state index contributed by atoms with van der Waals surface area (Å²) in [5.41, 5.74) is 5.76. The van der Waals surface area contributed by atoms with Gasteiger partial charge in [-0.3, -0.25) is 14.5 Å². The highest BCUT2D eigenvalue weighted by atomic mass is 35.5. The number of phenolic OH excluding ortho intramolecular Hbond substituents is 1. The van der Waals surface area contributed by atoms with Gasteiger partial charge in [0.05, 0.1) is 28.6 Å². The lowest BCUT2D eigenvalue weighted by Gasteiger charge is -2.43. The van der Waals surface area contributed by atoms with Gasteiger partial charge >= 0.3 is 7.12 Å². The van der Waals surface area contributed by atoms with Crippen molar-refractivity contribution in [1.82, 2.24) is 0 Å². The molecule has 0 aromatic heterocycles. The van der Waals surface area contributed by atoms with Crippen LogP contribution >= 0.6 is 11.6 Å². The molecule has 43 heavy (non-hydrogen) atoms. The van der Waals surface area contributed by atoms with Crippen LogP contribution in [0.4, 0.5) is 5.69 Å².